The molecule has 3 rings (SSSR count). The maximum absolute atomic E-state index is 13.8. The van der Waals surface area contributed by atoms with E-state index in [1.807, 2.05) is 6.07 Å². The average molecular weight is 346 g/mol. The SMILES string of the molecule is CN(Cc1cccs1)C1CCC(=O)N(Cc2ccccc2F)CC1. The monoisotopic (exact) mass is 346 g/mol. The number of carbonyl (C=O) groups is 1. The number of halogens is 1. The fraction of sp³-hybridized carbons (Fsp3) is 0.421. The van der Waals surface area contributed by atoms with Gasteiger partial charge in [-0.2, -0.15) is 0 Å². The number of hydrogen-bond acceptors (Lipinski definition) is 3. The standard InChI is InChI=1S/C19H23FN2OS/c1-21(14-17-6-4-12-24-17)16-8-9-19(23)22(11-10-16)13-15-5-2-3-7-18(15)20/h2-7,12,16H,8-11,13-14H2,1H3. The van der Waals surface area contributed by atoms with E-state index in [1.54, 1.807) is 28.4 Å². The van der Waals surface area contributed by atoms with Gasteiger partial charge in [-0.3, -0.25) is 9.69 Å². The van der Waals surface area contributed by atoms with Gasteiger partial charge in [-0.05, 0) is 37.4 Å². The molecule has 0 bridgehead atoms. The molecule has 1 fully saturated rings. The molecule has 0 radical (unpaired) electrons. The summed E-state index contributed by atoms with van der Waals surface area (Å²) in [4.78, 5) is 17.9. The zero-order chi connectivity index (χ0) is 16.9. The fourth-order valence-electron chi connectivity index (χ4n) is 3.24. The Hall–Kier alpha value is -1.72. The van der Waals surface area contributed by atoms with Gasteiger partial charge in [-0.1, -0.05) is 24.3 Å². The second kappa shape index (κ2) is 7.90. The van der Waals surface area contributed by atoms with E-state index < -0.39 is 0 Å². The van der Waals surface area contributed by atoms with Crippen molar-refractivity contribution in [1.82, 2.24) is 9.80 Å². The van der Waals surface area contributed by atoms with E-state index >= 15 is 0 Å². The van der Waals surface area contributed by atoms with Gasteiger partial charge in [0, 0.05) is 42.5 Å². The third-order valence-electron chi connectivity index (χ3n) is 4.70. The van der Waals surface area contributed by atoms with E-state index in [4.69, 9.17) is 0 Å². The lowest BCUT2D eigenvalue weighted by Gasteiger charge is -2.26. The van der Waals surface area contributed by atoms with Crippen LogP contribution in [-0.4, -0.2) is 35.3 Å². The topological polar surface area (TPSA) is 23.6 Å². The molecule has 1 aromatic heterocycles. The number of rotatable bonds is 5. The van der Waals surface area contributed by atoms with Crippen LogP contribution >= 0.6 is 11.3 Å². The molecule has 5 heteroatoms. The Morgan fingerprint density at radius 3 is 2.83 bits per heavy atom. The predicted molar refractivity (Wildman–Crippen MR) is 95.2 cm³/mol. The highest BCUT2D eigenvalue weighted by molar-refractivity contribution is 7.09. The third kappa shape index (κ3) is 4.22. The molecule has 2 heterocycles. The highest BCUT2D eigenvalue weighted by Crippen LogP contribution is 2.22. The first-order chi connectivity index (χ1) is 11.6. The Bertz CT molecular complexity index is 674. The van der Waals surface area contributed by atoms with E-state index in [0.29, 0.717) is 31.1 Å². The van der Waals surface area contributed by atoms with Crippen LogP contribution in [0.4, 0.5) is 4.39 Å². The average Bonchev–Trinajstić information content (AvgIpc) is 3.00. The summed E-state index contributed by atoms with van der Waals surface area (Å²) in [6, 6.07) is 11.3. The number of likely N-dealkylation sites (tertiary alicyclic amines) is 1. The van der Waals surface area contributed by atoms with Crippen molar-refractivity contribution in [1.29, 1.82) is 0 Å². The smallest absolute Gasteiger partial charge is 0.222 e. The van der Waals surface area contributed by atoms with Gasteiger partial charge in [0.1, 0.15) is 5.82 Å². The minimum atomic E-state index is -0.235. The van der Waals surface area contributed by atoms with Crippen molar-refractivity contribution in [3.05, 3.63) is 58.0 Å². The maximum atomic E-state index is 13.8. The van der Waals surface area contributed by atoms with Crippen molar-refractivity contribution in [2.45, 2.75) is 38.4 Å². The molecule has 1 aliphatic rings. The molecule has 0 saturated carbocycles. The molecular weight excluding hydrogens is 323 g/mol. The van der Waals surface area contributed by atoms with E-state index in [1.165, 1.54) is 10.9 Å². The number of hydrogen-bond donors (Lipinski definition) is 0. The van der Waals surface area contributed by atoms with Gasteiger partial charge in [-0.15, -0.1) is 11.3 Å². The van der Waals surface area contributed by atoms with Crippen molar-refractivity contribution in [3.63, 3.8) is 0 Å². The molecule has 1 aromatic carbocycles. The van der Waals surface area contributed by atoms with Gasteiger partial charge in [0.2, 0.25) is 5.91 Å². The molecule has 128 valence electrons. The quantitative estimate of drug-likeness (QED) is 0.820. The summed E-state index contributed by atoms with van der Waals surface area (Å²) < 4.78 is 13.8. The van der Waals surface area contributed by atoms with E-state index in [-0.39, 0.29) is 11.7 Å². The number of amides is 1. The Balaban J connectivity index is 1.60. The summed E-state index contributed by atoms with van der Waals surface area (Å²) in [5.74, 6) is -0.105. The van der Waals surface area contributed by atoms with Crippen LogP contribution in [0.1, 0.15) is 29.7 Å². The van der Waals surface area contributed by atoms with Gasteiger partial charge < -0.3 is 4.90 Å². The van der Waals surface area contributed by atoms with E-state index in [0.717, 1.165) is 19.4 Å². The first kappa shape index (κ1) is 17.1. The molecule has 0 aliphatic carbocycles. The second-order valence-corrected chi connectivity index (χ2v) is 7.41. The van der Waals surface area contributed by atoms with Crippen LogP contribution in [0.5, 0.6) is 0 Å². The molecule has 1 saturated heterocycles. The Morgan fingerprint density at radius 2 is 2.08 bits per heavy atom. The highest BCUT2D eigenvalue weighted by Gasteiger charge is 2.25. The van der Waals surface area contributed by atoms with Crippen LogP contribution < -0.4 is 0 Å². The number of benzene rings is 1. The molecule has 0 spiro atoms. The third-order valence-corrected chi connectivity index (χ3v) is 5.57. The minimum absolute atomic E-state index is 0.130. The van der Waals surface area contributed by atoms with Crippen LogP contribution in [0.25, 0.3) is 0 Å². The lowest BCUT2D eigenvalue weighted by atomic mass is 10.1. The van der Waals surface area contributed by atoms with Crippen LogP contribution in [0.3, 0.4) is 0 Å². The molecule has 1 atom stereocenters. The molecule has 3 nitrogen and oxygen atoms in total. The maximum Gasteiger partial charge on any atom is 0.222 e. The van der Waals surface area contributed by atoms with Crippen molar-refractivity contribution in [2.75, 3.05) is 13.6 Å². The van der Waals surface area contributed by atoms with Crippen molar-refractivity contribution in [2.24, 2.45) is 0 Å². The normalized spacial score (nSPS) is 18.9. The first-order valence-electron chi connectivity index (χ1n) is 8.37. The van der Waals surface area contributed by atoms with Crippen molar-refractivity contribution in [3.8, 4) is 0 Å². The van der Waals surface area contributed by atoms with Gasteiger partial charge in [0.05, 0.1) is 0 Å². The summed E-state index contributed by atoms with van der Waals surface area (Å²) in [7, 11) is 2.13. The van der Waals surface area contributed by atoms with Gasteiger partial charge in [0.15, 0.2) is 0 Å². The van der Waals surface area contributed by atoms with Gasteiger partial charge >= 0.3 is 0 Å². The molecule has 24 heavy (non-hydrogen) atoms. The van der Waals surface area contributed by atoms with Gasteiger partial charge in [-0.25, -0.2) is 4.39 Å². The zero-order valence-corrected chi connectivity index (χ0v) is 14.8. The van der Waals surface area contributed by atoms with E-state index in [2.05, 4.69) is 29.5 Å². The number of carbonyl (C=O) groups excluding carboxylic acids is 1. The summed E-state index contributed by atoms with van der Waals surface area (Å²) >= 11 is 1.76. The first-order valence-corrected chi connectivity index (χ1v) is 9.25. The van der Waals surface area contributed by atoms with Crippen molar-refractivity contribution < 1.29 is 9.18 Å². The van der Waals surface area contributed by atoms with Crippen molar-refractivity contribution >= 4 is 17.2 Å². The highest BCUT2D eigenvalue weighted by atomic mass is 32.1. The molecule has 1 amide bonds. The Morgan fingerprint density at radius 1 is 1.25 bits per heavy atom. The Kier molecular flexibility index (Phi) is 5.63. The summed E-state index contributed by atoms with van der Waals surface area (Å²) in [5.41, 5.74) is 0.594. The summed E-state index contributed by atoms with van der Waals surface area (Å²) in [6.07, 6.45) is 2.34. The molecular formula is C19H23FN2OS. The fourth-order valence-corrected chi connectivity index (χ4v) is 4.01. The van der Waals surface area contributed by atoms with Crippen LogP contribution in [0, 0.1) is 5.82 Å². The lowest BCUT2D eigenvalue weighted by Crippen LogP contribution is -2.33. The Labute approximate surface area is 146 Å². The summed E-state index contributed by atoms with van der Waals surface area (Å²) in [5, 5.41) is 2.09. The van der Waals surface area contributed by atoms with Crippen LogP contribution in [0.15, 0.2) is 41.8 Å². The second-order valence-electron chi connectivity index (χ2n) is 6.38. The van der Waals surface area contributed by atoms with Crippen LogP contribution in [0.2, 0.25) is 0 Å². The van der Waals surface area contributed by atoms with E-state index in [9.17, 15) is 9.18 Å². The van der Waals surface area contributed by atoms with Crippen LogP contribution in [-0.2, 0) is 17.9 Å². The largest absolute Gasteiger partial charge is 0.338 e. The molecule has 2 aromatic rings. The number of thiophene rings is 1. The lowest BCUT2D eigenvalue weighted by molar-refractivity contribution is -0.131. The molecule has 0 N–H and O–H groups in total. The molecule has 1 aliphatic heterocycles. The zero-order valence-electron chi connectivity index (χ0n) is 14.0. The predicted octanol–water partition coefficient (Wildman–Crippen LogP) is 3.90. The summed E-state index contributed by atoms with van der Waals surface area (Å²) in [6.45, 7) is 1.98. The molecule has 1 unspecified atom stereocenters. The minimum Gasteiger partial charge on any atom is -0.338 e. The van der Waals surface area contributed by atoms with Gasteiger partial charge in [0.25, 0.3) is 0 Å². The number of nitrogens with zero attached hydrogens (tertiary/aromatic N) is 2.